The highest BCUT2D eigenvalue weighted by molar-refractivity contribution is 9.10. The molecule has 1 aromatic carbocycles. The molecule has 2 heterocycles. The highest BCUT2D eigenvalue weighted by atomic mass is 79.9. The Morgan fingerprint density at radius 2 is 1.95 bits per heavy atom. The van der Waals surface area contributed by atoms with Gasteiger partial charge in [0.2, 0.25) is 0 Å². The molecule has 100 valence electrons. The fraction of sp³-hybridized carbons (Fsp3) is 0.214. The van der Waals surface area contributed by atoms with E-state index in [1.165, 1.54) is 12.8 Å². The van der Waals surface area contributed by atoms with Crippen LogP contribution in [0.15, 0.2) is 41.3 Å². The molecule has 1 aliphatic rings. The molecular formula is C14H12BrN5. The molecule has 1 N–H and O–H groups in total. The summed E-state index contributed by atoms with van der Waals surface area (Å²) in [5, 5.41) is 8.82. The van der Waals surface area contributed by atoms with E-state index in [-0.39, 0.29) is 0 Å². The van der Waals surface area contributed by atoms with Crippen molar-refractivity contribution in [2.45, 2.75) is 18.9 Å². The molecule has 6 heteroatoms. The van der Waals surface area contributed by atoms with Gasteiger partial charge in [-0.3, -0.25) is 0 Å². The number of hydrogen-bond donors (Lipinski definition) is 1. The summed E-state index contributed by atoms with van der Waals surface area (Å²) in [6.07, 6.45) is 5.84. The van der Waals surface area contributed by atoms with Crippen LogP contribution in [0.1, 0.15) is 12.8 Å². The number of nitrogens with one attached hydrogen (secondary N) is 1. The summed E-state index contributed by atoms with van der Waals surface area (Å²) in [7, 11) is 0. The van der Waals surface area contributed by atoms with Crippen LogP contribution in [0.25, 0.3) is 16.7 Å². The lowest BCUT2D eigenvalue weighted by molar-refractivity contribution is 0.894. The minimum Gasteiger partial charge on any atom is -0.367 e. The molecule has 0 saturated heterocycles. The van der Waals surface area contributed by atoms with E-state index in [0.717, 1.165) is 27.0 Å². The van der Waals surface area contributed by atoms with Crippen molar-refractivity contribution in [2.75, 3.05) is 5.32 Å². The topological polar surface area (TPSA) is 55.6 Å². The van der Waals surface area contributed by atoms with E-state index < -0.39 is 0 Å². The molecule has 0 unspecified atom stereocenters. The van der Waals surface area contributed by atoms with E-state index >= 15 is 0 Å². The van der Waals surface area contributed by atoms with Crippen LogP contribution in [0.3, 0.4) is 0 Å². The number of benzene rings is 1. The van der Waals surface area contributed by atoms with Crippen molar-refractivity contribution in [3.8, 4) is 5.69 Å². The maximum absolute atomic E-state index is 4.44. The van der Waals surface area contributed by atoms with E-state index in [4.69, 9.17) is 0 Å². The lowest BCUT2D eigenvalue weighted by atomic mass is 10.3. The predicted octanol–water partition coefficient (Wildman–Crippen LogP) is 3.15. The van der Waals surface area contributed by atoms with Gasteiger partial charge in [-0.25, -0.2) is 14.6 Å². The average molecular weight is 330 g/mol. The SMILES string of the molecule is Brc1ccc(-n2ncc3c(NC4CC4)ncnc32)cc1. The van der Waals surface area contributed by atoms with Crippen LogP contribution < -0.4 is 5.32 Å². The molecule has 3 aromatic rings. The Balaban J connectivity index is 1.82. The van der Waals surface area contributed by atoms with Crippen LogP contribution in [0.2, 0.25) is 0 Å². The first-order valence-corrected chi connectivity index (χ1v) is 7.32. The minimum absolute atomic E-state index is 0.559. The van der Waals surface area contributed by atoms with Crippen molar-refractivity contribution < 1.29 is 0 Å². The third-order valence-electron chi connectivity index (χ3n) is 3.36. The van der Waals surface area contributed by atoms with Crippen LogP contribution in [-0.4, -0.2) is 25.8 Å². The minimum atomic E-state index is 0.559. The van der Waals surface area contributed by atoms with E-state index in [2.05, 4.69) is 36.3 Å². The maximum atomic E-state index is 4.44. The number of aromatic nitrogens is 4. The van der Waals surface area contributed by atoms with Crippen molar-refractivity contribution in [2.24, 2.45) is 0 Å². The van der Waals surface area contributed by atoms with Crippen LogP contribution in [-0.2, 0) is 0 Å². The zero-order valence-electron chi connectivity index (χ0n) is 10.6. The quantitative estimate of drug-likeness (QED) is 0.801. The number of halogens is 1. The standard InChI is InChI=1S/C14H12BrN5/c15-9-1-5-11(6-2-9)20-14-12(7-18-20)13(16-8-17-14)19-10-3-4-10/h1-2,5-8,10H,3-4H2,(H,16,17,19). The van der Waals surface area contributed by atoms with Crippen molar-refractivity contribution in [3.05, 3.63) is 41.3 Å². The summed E-state index contributed by atoms with van der Waals surface area (Å²) < 4.78 is 2.88. The van der Waals surface area contributed by atoms with E-state index in [0.29, 0.717) is 6.04 Å². The first-order chi connectivity index (χ1) is 9.81. The highest BCUT2D eigenvalue weighted by Gasteiger charge is 2.23. The third-order valence-corrected chi connectivity index (χ3v) is 3.88. The molecular weight excluding hydrogens is 318 g/mol. The second-order valence-electron chi connectivity index (χ2n) is 4.91. The molecule has 0 aliphatic heterocycles. The molecule has 0 amide bonds. The van der Waals surface area contributed by atoms with E-state index in [1.54, 1.807) is 6.33 Å². The summed E-state index contributed by atoms with van der Waals surface area (Å²) in [4.78, 5) is 8.69. The van der Waals surface area contributed by atoms with Gasteiger partial charge >= 0.3 is 0 Å². The van der Waals surface area contributed by atoms with Gasteiger partial charge in [0.05, 0.1) is 17.3 Å². The molecule has 0 bridgehead atoms. The first-order valence-electron chi connectivity index (χ1n) is 6.52. The van der Waals surface area contributed by atoms with Crippen LogP contribution in [0.4, 0.5) is 5.82 Å². The van der Waals surface area contributed by atoms with Crippen molar-refractivity contribution >= 4 is 32.8 Å². The van der Waals surface area contributed by atoms with Gasteiger partial charge in [0.1, 0.15) is 12.1 Å². The normalized spacial score (nSPS) is 14.7. The molecule has 1 saturated carbocycles. The Morgan fingerprint density at radius 3 is 2.70 bits per heavy atom. The second kappa shape index (κ2) is 4.56. The van der Waals surface area contributed by atoms with Crippen LogP contribution >= 0.6 is 15.9 Å². The molecule has 20 heavy (non-hydrogen) atoms. The lowest BCUT2D eigenvalue weighted by Crippen LogP contribution is -2.04. The summed E-state index contributed by atoms with van der Waals surface area (Å²) in [6.45, 7) is 0. The van der Waals surface area contributed by atoms with Crippen molar-refractivity contribution in [1.29, 1.82) is 0 Å². The summed E-state index contributed by atoms with van der Waals surface area (Å²) in [6, 6.07) is 8.56. The molecule has 1 fully saturated rings. The highest BCUT2D eigenvalue weighted by Crippen LogP contribution is 2.28. The third kappa shape index (κ3) is 2.06. The molecule has 4 rings (SSSR count). The van der Waals surface area contributed by atoms with E-state index in [9.17, 15) is 0 Å². The van der Waals surface area contributed by atoms with Gasteiger partial charge in [-0.05, 0) is 37.1 Å². The van der Waals surface area contributed by atoms with Gasteiger partial charge in [0.15, 0.2) is 5.65 Å². The Hall–Kier alpha value is -1.95. The molecule has 0 spiro atoms. The average Bonchev–Trinajstić information content (AvgIpc) is 3.17. The Bertz CT molecular complexity index is 761. The smallest absolute Gasteiger partial charge is 0.168 e. The number of rotatable bonds is 3. The molecule has 5 nitrogen and oxygen atoms in total. The predicted molar refractivity (Wildman–Crippen MR) is 81.0 cm³/mol. The summed E-state index contributed by atoms with van der Waals surface area (Å²) >= 11 is 3.44. The number of anilines is 1. The Morgan fingerprint density at radius 1 is 1.15 bits per heavy atom. The largest absolute Gasteiger partial charge is 0.367 e. The van der Waals surface area contributed by atoms with Gasteiger partial charge in [-0.2, -0.15) is 5.10 Å². The molecule has 0 radical (unpaired) electrons. The van der Waals surface area contributed by atoms with Gasteiger partial charge in [-0.1, -0.05) is 15.9 Å². The van der Waals surface area contributed by atoms with Crippen molar-refractivity contribution in [1.82, 2.24) is 19.7 Å². The zero-order valence-corrected chi connectivity index (χ0v) is 12.2. The molecule has 2 aromatic heterocycles. The lowest BCUT2D eigenvalue weighted by Gasteiger charge is -2.05. The molecule has 1 aliphatic carbocycles. The summed E-state index contributed by atoms with van der Waals surface area (Å²) in [5.41, 5.74) is 1.81. The summed E-state index contributed by atoms with van der Waals surface area (Å²) in [5.74, 6) is 0.876. The Labute approximate surface area is 124 Å². The van der Waals surface area contributed by atoms with Crippen LogP contribution in [0.5, 0.6) is 0 Å². The van der Waals surface area contributed by atoms with Gasteiger partial charge in [0, 0.05) is 10.5 Å². The van der Waals surface area contributed by atoms with Crippen LogP contribution in [0, 0.1) is 0 Å². The van der Waals surface area contributed by atoms with Gasteiger partial charge in [0.25, 0.3) is 0 Å². The van der Waals surface area contributed by atoms with Gasteiger partial charge in [-0.15, -0.1) is 0 Å². The van der Waals surface area contributed by atoms with Gasteiger partial charge < -0.3 is 5.32 Å². The molecule has 0 atom stereocenters. The Kier molecular flexibility index (Phi) is 2.70. The first kappa shape index (κ1) is 11.8. The maximum Gasteiger partial charge on any atom is 0.168 e. The fourth-order valence-electron chi connectivity index (χ4n) is 2.15. The van der Waals surface area contributed by atoms with E-state index in [1.807, 2.05) is 35.1 Å². The number of fused-ring (bicyclic) bond motifs is 1. The van der Waals surface area contributed by atoms with Crippen molar-refractivity contribution in [3.63, 3.8) is 0 Å². The monoisotopic (exact) mass is 329 g/mol. The zero-order chi connectivity index (χ0) is 13.5. The second-order valence-corrected chi connectivity index (χ2v) is 5.83. The number of nitrogens with zero attached hydrogens (tertiary/aromatic N) is 4. The fourth-order valence-corrected chi connectivity index (χ4v) is 2.42. The number of hydrogen-bond acceptors (Lipinski definition) is 4.